The van der Waals surface area contributed by atoms with Crippen molar-refractivity contribution < 1.29 is 4.39 Å². The number of rotatable bonds is 13. The summed E-state index contributed by atoms with van der Waals surface area (Å²) in [4.78, 5) is 7.88. The molecule has 4 heteroatoms. The van der Waals surface area contributed by atoms with Gasteiger partial charge in [0.25, 0.3) is 0 Å². The Hall–Kier alpha value is -3.06. The second kappa shape index (κ2) is 13.5. The number of aryl methyl sites for hydroxylation is 1. The summed E-state index contributed by atoms with van der Waals surface area (Å²) in [5, 5.41) is 8.81. The van der Waals surface area contributed by atoms with E-state index in [1.807, 2.05) is 24.3 Å². The van der Waals surface area contributed by atoms with Crippen LogP contribution in [0, 0.1) is 17.3 Å². The molecule has 1 aromatic heterocycles. The predicted octanol–water partition coefficient (Wildman–Crippen LogP) is 8.28. The van der Waals surface area contributed by atoms with Crippen molar-refractivity contribution in [1.82, 2.24) is 9.97 Å². The molecule has 0 fully saturated rings. The molecule has 0 aliphatic rings. The molecule has 3 aromatic rings. The predicted molar refractivity (Wildman–Crippen MR) is 133 cm³/mol. The van der Waals surface area contributed by atoms with Crippen molar-refractivity contribution in [3.63, 3.8) is 0 Å². The minimum absolute atomic E-state index is 0.145. The van der Waals surface area contributed by atoms with E-state index in [1.165, 1.54) is 76.0 Å². The Balaban J connectivity index is 1.43. The zero-order valence-electron chi connectivity index (χ0n) is 19.7. The first kappa shape index (κ1) is 24.6. The minimum Gasteiger partial charge on any atom is -0.235 e. The van der Waals surface area contributed by atoms with Gasteiger partial charge >= 0.3 is 0 Å². The highest BCUT2D eigenvalue weighted by Crippen LogP contribution is 2.24. The van der Waals surface area contributed by atoms with E-state index in [9.17, 15) is 4.39 Å². The number of benzene rings is 2. The van der Waals surface area contributed by atoms with Gasteiger partial charge in [-0.05, 0) is 29.5 Å². The van der Waals surface area contributed by atoms with Gasteiger partial charge in [0.1, 0.15) is 11.6 Å². The van der Waals surface area contributed by atoms with Gasteiger partial charge < -0.3 is 0 Å². The fraction of sp³-hybridized carbons (Fsp3) is 0.414. The fourth-order valence-electron chi connectivity index (χ4n) is 4.07. The van der Waals surface area contributed by atoms with Gasteiger partial charge in [0.15, 0.2) is 5.82 Å². The Morgan fingerprint density at radius 2 is 1.24 bits per heavy atom. The third-order valence-electron chi connectivity index (χ3n) is 6.11. The molecule has 0 bridgehead atoms. The van der Waals surface area contributed by atoms with E-state index in [0.717, 1.165) is 23.1 Å². The van der Waals surface area contributed by atoms with Gasteiger partial charge in [0, 0.05) is 5.56 Å². The number of hydrogen-bond acceptors (Lipinski definition) is 3. The normalized spacial score (nSPS) is 10.8. The summed E-state index contributed by atoms with van der Waals surface area (Å²) in [7, 11) is 0. The monoisotopic (exact) mass is 443 g/mol. The van der Waals surface area contributed by atoms with E-state index in [1.54, 1.807) is 6.07 Å². The Bertz CT molecular complexity index is 1020. The van der Waals surface area contributed by atoms with E-state index in [4.69, 9.17) is 5.26 Å². The molecule has 2 aromatic carbocycles. The van der Waals surface area contributed by atoms with E-state index in [2.05, 4.69) is 41.2 Å². The highest BCUT2D eigenvalue weighted by Gasteiger charge is 2.08. The van der Waals surface area contributed by atoms with E-state index in [-0.39, 0.29) is 11.4 Å². The average molecular weight is 444 g/mol. The molecule has 0 atom stereocenters. The molecule has 33 heavy (non-hydrogen) atoms. The number of nitriles is 1. The molecule has 0 amide bonds. The summed E-state index contributed by atoms with van der Waals surface area (Å²) < 4.78 is 13.8. The molecule has 3 nitrogen and oxygen atoms in total. The fourth-order valence-corrected chi connectivity index (χ4v) is 4.07. The SMILES string of the molecule is CCCCCCCCCCCCc1ccc(-c2ccc(-c3ncc(C#N)c(F)n3)cc2)cc1. The van der Waals surface area contributed by atoms with Crippen LogP contribution < -0.4 is 0 Å². The average Bonchev–Trinajstić information content (AvgIpc) is 2.85. The van der Waals surface area contributed by atoms with Crippen molar-refractivity contribution in [1.29, 1.82) is 5.26 Å². The molecule has 0 spiro atoms. The molecule has 0 aliphatic heterocycles. The van der Waals surface area contributed by atoms with E-state index in [0.29, 0.717) is 0 Å². The van der Waals surface area contributed by atoms with Crippen molar-refractivity contribution in [2.45, 2.75) is 77.6 Å². The van der Waals surface area contributed by atoms with Gasteiger partial charge in [-0.3, -0.25) is 0 Å². The van der Waals surface area contributed by atoms with Crippen molar-refractivity contribution >= 4 is 0 Å². The molecule has 0 aliphatic carbocycles. The lowest BCUT2D eigenvalue weighted by molar-refractivity contribution is 0.556. The van der Waals surface area contributed by atoms with Crippen LogP contribution >= 0.6 is 0 Å². The largest absolute Gasteiger partial charge is 0.235 e. The lowest BCUT2D eigenvalue weighted by Gasteiger charge is -2.07. The third kappa shape index (κ3) is 7.79. The first-order valence-corrected chi connectivity index (χ1v) is 12.3. The molecular weight excluding hydrogens is 409 g/mol. The lowest BCUT2D eigenvalue weighted by Crippen LogP contribution is -1.96. The maximum Gasteiger partial charge on any atom is 0.234 e. The molecule has 172 valence electrons. The first-order chi connectivity index (χ1) is 16.2. The summed E-state index contributed by atoms with van der Waals surface area (Å²) in [5.74, 6) is -0.505. The molecule has 0 unspecified atom stereocenters. The second-order valence-corrected chi connectivity index (χ2v) is 8.72. The molecule has 0 N–H and O–H groups in total. The number of nitrogens with zero attached hydrogens (tertiary/aromatic N) is 3. The van der Waals surface area contributed by atoms with E-state index < -0.39 is 5.95 Å². The topological polar surface area (TPSA) is 49.6 Å². The standard InChI is InChI=1S/C29H34FN3/c1-2-3-4-5-6-7-8-9-10-11-12-23-13-15-24(16-14-23)25-17-19-26(20-18-25)29-32-22-27(21-31)28(30)33-29/h13-20,22H,2-12H2,1H3. The Morgan fingerprint density at radius 1 is 0.727 bits per heavy atom. The Kier molecular flexibility index (Phi) is 10.0. The van der Waals surface area contributed by atoms with Crippen LogP contribution in [0.1, 0.15) is 82.3 Å². The summed E-state index contributed by atoms with van der Waals surface area (Å²) >= 11 is 0. The second-order valence-electron chi connectivity index (χ2n) is 8.72. The van der Waals surface area contributed by atoms with Gasteiger partial charge in [-0.2, -0.15) is 14.6 Å². The lowest BCUT2D eigenvalue weighted by atomic mass is 9.99. The van der Waals surface area contributed by atoms with Crippen molar-refractivity contribution in [2.24, 2.45) is 0 Å². The van der Waals surface area contributed by atoms with Crippen LogP contribution in [0.15, 0.2) is 54.7 Å². The number of halogens is 1. The summed E-state index contributed by atoms with van der Waals surface area (Å²) in [6.07, 6.45) is 16.0. The van der Waals surface area contributed by atoms with Crippen LogP contribution in [0.2, 0.25) is 0 Å². The van der Waals surface area contributed by atoms with Crippen LogP contribution in [0.3, 0.4) is 0 Å². The number of unbranched alkanes of at least 4 members (excludes halogenated alkanes) is 9. The number of hydrogen-bond donors (Lipinski definition) is 0. The number of aromatic nitrogens is 2. The molecule has 0 saturated carbocycles. The molecule has 3 rings (SSSR count). The highest BCUT2D eigenvalue weighted by molar-refractivity contribution is 5.67. The van der Waals surface area contributed by atoms with Gasteiger partial charge in [-0.1, -0.05) is 113 Å². The van der Waals surface area contributed by atoms with Crippen LogP contribution in [-0.2, 0) is 6.42 Å². The van der Waals surface area contributed by atoms with Crippen LogP contribution in [0.5, 0.6) is 0 Å². The van der Waals surface area contributed by atoms with E-state index >= 15 is 0 Å². The molecule has 1 heterocycles. The first-order valence-electron chi connectivity index (χ1n) is 12.3. The Morgan fingerprint density at radius 3 is 1.79 bits per heavy atom. The smallest absolute Gasteiger partial charge is 0.234 e. The minimum atomic E-state index is -0.787. The quantitative estimate of drug-likeness (QED) is 0.197. The molecule has 0 saturated heterocycles. The van der Waals surface area contributed by atoms with Crippen molar-refractivity contribution in [3.05, 3.63) is 71.8 Å². The maximum atomic E-state index is 13.8. The van der Waals surface area contributed by atoms with Gasteiger partial charge in [0.05, 0.1) is 6.20 Å². The zero-order chi connectivity index (χ0) is 23.3. The molecular formula is C29H34FN3. The van der Waals surface area contributed by atoms with Crippen molar-refractivity contribution in [2.75, 3.05) is 0 Å². The maximum absolute atomic E-state index is 13.8. The third-order valence-corrected chi connectivity index (χ3v) is 6.11. The summed E-state index contributed by atoms with van der Waals surface area (Å²) in [6.45, 7) is 2.27. The van der Waals surface area contributed by atoms with Crippen molar-refractivity contribution in [3.8, 4) is 28.6 Å². The molecule has 0 radical (unpaired) electrons. The zero-order valence-corrected chi connectivity index (χ0v) is 19.7. The van der Waals surface area contributed by atoms with Crippen LogP contribution in [-0.4, -0.2) is 9.97 Å². The van der Waals surface area contributed by atoms with Crippen LogP contribution in [0.4, 0.5) is 4.39 Å². The summed E-state index contributed by atoms with van der Waals surface area (Å²) in [6, 6.07) is 18.3. The Labute approximate surface area is 197 Å². The van der Waals surface area contributed by atoms with Crippen LogP contribution in [0.25, 0.3) is 22.5 Å². The highest BCUT2D eigenvalue weighted by atomic mass is 19.1. The van der Waals surface area contributed by atoms with Gasteiger partial charge in [-0.25, -0.2) is 4.98 Å². The van der Waals surface area contributed by atoms with Gasteiger partial charge in [0.2, 0.25) is 5.95 Å². The summed E-state index contributed by atoms with van der Waals surface area (Å²) in [5.41, 5.74) is 4.21. The van der Waals surface area contributed by atoms with Gasteiger partial charge in [-0.15, -0.1) is 0 Å².